The molecule has 3 heterocycles. The van der Waals surface area contributed by atoms with Crippen LogP contribution < -0.4 is 9.64 Å². The molecule has 0 bridgehead atoms. The molecule has 2 aliphatic heterocycles. The van der Waals surface area contributed by atoms with Crippen molar-refractivity contribution in [1.82, 2.24) is 4.90 Å². The van der Waals surface area contributed by atoms with Crippen molar-refractivity contribution in [3.05, 3.63) is 46.2 Å². The summed E-state index contributed by atoms with van der Waals surface area (Å²) in [7, 11) is 0. The number of likely N-dealkylation sites (tertiary alicyclic amines) is 1. The summed E-state index contributed by atoms with van der Waals surface area (Å²) < 4.78 is 6.02. The van der Waals surface area contributed by atoms with Crippen LogP contribution in [0.15, 0.2) is 35.7 Å². The number of thiophene rings is 1. The highest BCUT2D eigenvalue weighted by molar-refractivity contribution is 7.09. The Bertz CT molecular complexity index is 665. The number of hydrogen-bond acceptors (Lipinski definition) is 4. The number of piperidine rings is 1. The minimum Gasteiger partial charge on any atom is -0.494 e. The topological polar surface area (TPSA) is 15.7 Å². The highest BCUT2D eigenvalue weighted by Gasteiger charge is 2.20. The smallest absolute Gasteiger partial charge is 0.119 e. The molecule has 0 atom stereocenters. The van der Waals surface area contributed by atoms with E-state index in [1.807, 2.05) is 11.3 Å². The van der Waals surface area contributed by atoms with Gasteiger partial charge in [-0.2, -0.15) is 0 Å². The van der Waals surface area contributed by atoms with Crippen LogP contribution in [0, 0.1) is 0 Å². The van der Waals surface area contributed by atoms with Crippen molar-refractivity contribution < 1.29 is 4.74 Å². The van der Waals surface area contributed by atoms with Crippen LogP contribution in [0.25, 0.3) is 0 Å². The molecule has 134 valence electrons. The van der Waals surface area contributed by atoms with Gasteiger partial charge in [0.25, 0.3) is 0 Å². The maximum absolute atomic E-state index is 6.02. The van der Waals surface area contributed by atoms with E-state index in [1.165, 1.54) is 55.0 Å². The second-order valence-electron chi connectivity index (χ2n) is 7.15. The van der Waals surface area contributed by atoms with E-state index in [4.69, 9.17) is 4.74 Å². The first-order valence-corrected chi connectivity index (χ1v) is 10.5. The molecule has 3 nitrogen and oxygen atoms in total. The van der Waals surface area contributed by atoms with Crippen LogP contribution in [0.1, 0.15) is 36.1 Å². The first-order valence-electron chi connectivity index (χ1n) is 9.64. The molecule has 0 radical (unpaired) electrons. The largest absolute Gasteiger partial charge is 0.494 e. The lowest BCUT2D eigenvalue weighted by Gasteiger charge is -2.26. The molecule has 0 saturated carbocycles. The van der Waals surface area contributed by atoms with Crippen molar-refractivity contribution in [1.29, 1.82) is 0 Å². The molecule has 1 aromatic heterocycles. The molecule has 2 aromatic rings. The maximum Gasteiger partial charge on any atom is 0.119 e. The summed E-state index contributed by atoms with van der Waals surface area (Å²) in [5.41, 5.74) is 2.82. The van der Waals surface area contributed by atoms with Crippen LogP contribution in [-0.2, 0) is 13.0 Å². The van der Waals surface area contributed by atoms with Crippen molar-refractivity contribution in [2.45, 2.75) is 38.6 Å². The molecule has 4 heteroatoms. The van der Waals surface area contributed by atoms with Gasteiger partial charge in [-0.3, -0.25) is 0 Å². The third-order valence-electron chi connectivity index (χ3n) is 5.31. The quantitative estimate of drug-likeness (QED) is 0.676. The van der Waals surface area contributed by atoms with Gasteiger partial charge in [0, 0.05) is 23.7 Å². The Balaban J connectivity index is 1.26. The predicted octanol–water partition coefficient (Wildman–Crippen LogP) is 4.57. The van der Waals surface area contributed by atoms with Crippen LogP contribution in [0.3, 0.4) is 0 Å². The standard InChI is InChI=1S/C21H28N2OS/c1-2-10-22(11-3-1)12-5-14-24-19-7-8-21-18(16-19)9-13-23(21)17-20-6-4-15-25-20/h4,6-8,15-16H,1-3,5,9-14,17H2. The molecule has 1 saturated heterocycles. The predicted molar refractivity (Wildman–Crippen MR) is 106 cm³/mol. The molecule has 2 aliphatic rings. The molecule has 1 aromatic carbocycles. The molecule has 0 amide bonds. The highest BCUT2D eigenvalue weighted by atomic mass is 32.1. The SMILES string of the molecule is c1csc(CN2CCc3cc(OCCCN4CCCCC4)ccc32)c1. The van der Waals surface area contributed by atoms with E-state index in [2.05, 4.69) is 45.5 Å². The molecule has 0 aliphatic carbocycles. The van der Waals surface area contributed by atoms with Gasteiger partial charge in [-0.1, -0.05) is 12.5 Å². The maximum atomic E-state index is 6.02. The Morgan fingerprint density at radius 1 is 1.04 bits per heavy atom. The zero-order valence-electron chi connectivity index (χ0n) is 15.0. The van der Waals surface area contributed by atoms with Crippen molar-refractivity contribution in [3.63, 3.8) is 0 Å². The fourth-order valence-corrected chi connectivity index (χ4v) is 4.67. The van der Waals surface area contributed by atoms with E-state index < -0.39 is 0 Å². The lowest BCUT2D eigenvalue weighted by Crippen LogP contribution is -2.31. The van der Waals surface area contributed by atoms with Gasteiger partial charge in [0.05, 0.1) is 13.2 Å². The lowest BCUT2D eigenvalue weighted by molar-refractivity contribution is 0.205. The summed E-state index contributed by atoms with van der Waals surface area (Å²) in [6.07, 6.45) is 6.40. The van der Waals surface area contributed by atoms with E-state index in [1.54, 1.807) is 0 Å². The van der Waals surface area contributed by atoms with Crippen LogP contribution >= 0.6 is 11.3 Å². The molecule has 0 unspecified atom stereocenters. The molecule has 4 rings (SSSR count). The Morgan fingerprint density at radius 2 is 1.96 bits per heavy atom. The number of ether oxygens (including phenoxy) is 1. The molecule has 0 N–H and O–H groups in total. The van der Waals surface area contributed by atoms with Crippen LogP contribution in [0.5, 0.6) is 5.75 Å². The first kappa shape index (κ1) is 16.9. The lowest BCUT2D eigenvalue weighted by atomic mass is 10.1. The van der Waals surface area contributed by atoms with Gasteiger partial charge in [-0.25, -0.2) is 0 Å². The number of hydrogen-bond donors (Lipinski definition) is 0. The zero-order chi connectivity index (χ0) is 16.9. The molecular formula is C21H28N2OS. The fourth-order valence-electron chi connectivity index (χ4n) is 3.95. The van der Waals surface area contributed by atoms with E-state index >= 15 is 0 Å². The highest BCUT2D eigenvalue weighted by Crippen LogP contribution is 2.33. The number of fused-ring (bicyclic) bond motifs is 1. The Hall–Kier alpha value is -1.52. The zero-order valence-corrected chi connectivity index (χ0v) is 15.8. The molecule has 1 fully saturated rings. The summed E-state index contributed by atoms with van der Waals surface area (Å²) in [5, 5.41) is 2.16. The van der Waals surface area contributed by atoms with Crippen LogP contribution in [0.2, 0.25) is 0 Å². The van der Waals surface area contributed by atoms with Gasteiger partial charge in [0.15, 0.2) is 0 Å². The summed E-state index contributed by atoms with van der Waals surface area (Å²) in [4.78, 5) is 6.50. The van der Waals surface area contributed by atoms with E-state index in [-0.39, 0.29) is 0 Å². The minimum atomic E-state index is 0.828. The normalized spacial score (nSPS) is 17.7. The summed E-state index contributed by atoms with van der Waals surface area (Å²) in [6, 6.07) is 11.0. The average molecular weight is 357 g/mol. The molecule has 0 spiro atoms. The van der Waals surface area contributed by atoms with Crippen molar-refractivity contribution >= 4 is 17.0 Å². The van der Waals surface area contributed by atoms with Gasteiger partial charge < -0.3 is 14.5 Å². The second kappa shape index (κ2) is 8.24. The van der Waals surface area contributed by atoms with Gasteiger partial charge in [-0.15, -0.1) is 11.3 Å². The summed E-state index contributed by atoms with van der Waals surface area (Å²) in [6.45, 7) is 6.71. The minimum absolute atomic E-state index is 0.828. The van der Waals surface area contributed by atoms with Crippen LogP contribution in [-0.4, -0.2) is 37.7 Å². The first-order chi connectivity index (χ1) is 12.4. The van der Waals surface area contributed by atoms with E-state index in [9.17, 15) is 0 Å². The Morgan fingerprint density at radius 3 is 2.80 bits per heavy atom. The monoisotopic (exact) mass is 356 g/mol. The number of nitrogens with zero attached hydrogens (tertiary/aromatic N) is 2. The molecular weight excluding hydrogens is 328 g/mol. The fraction of sp³-hybridized carbons (Fsp3) is 0.524. The Kier molecular flexibility index (Phi) is 5.58. The third kappa shape index (κ3) is 4.36. The van der Waals surface area contributed by atoms with Crippen molar-refractivity contribution in [2.24, 2.45) is 0 Å². The van der Waals surface area contributed by atoms with Crippen molar-refractivity contribution in [2.75, 3.05) is 37.7 Å². The van der Waals surface area contributed by atoms with Gasteiger partial charge in [0.1, 0.15) is 5.75 Å². The number of anilines is 1. The number of benzene rings is 1. The van der Waals surface area contributed by atoms with Crippen LogP contribution in [0.4, 0.5) is 5.69 Å². The molecule has 25 heavy (non-hydrogen) atoms. The van der Waals surface area contributed by atoms with E-state index in [0.29, 0.717) is 0 Å². The summed E-state index contributed by atoms with van der Waals surface area (Å²) in [5.74, 6) is 1.04. The van der Waals surface area contributed by atoms with Gasteiger partial charge >= 0.3 is 0 Å². The second-order valence-corrected chi connectivity index (χ2v) is 8.18. The van der Waals surface area contributed by atoms with Gasteiger partial charge in [-0.05, 0) is 74.0 Å². The summed E-state index contributed by atoms with van der Waals surface area (Å²) >= 11 is 1.84. The van der Waals surface area contributed by atoms with Gasteiger partial charge in [0.2, 0.25) is 0 Å². The Labute approximate surface area is 155 Å². The average Bonchev–Trinajstić information content (AvgIpc) is 3.30. The van der Waals surface area contributed by atoms with Crippen molar-refractivity contribution in [3.8, 4) is 5.75 Å². The third-order valence-corrected chi connectivity index (χ3v) is 6.17. The number of rotatable bonds is 7. The van der Waals surface area contributed by atoms with E-state index in [0.717, 1.165) is 38.3 Å².